The molecule has 3 fully saturated rings. The Morgan fingerprint density at radius 1 is 1.45 bits per heavy atom. The van der Waals surface area contributed by atoms with Crippen LogP contribution < -0.4 is 0 Å². The summed E-state index contributed by atoms with van der Waals surface area (Å²) in [5, 5.41) is 0. The average Bonchev–Trinajstić information content (AvgIpc) is 3.05. The Morgan fingerprint density at radius 2 is 2.36 bits per heavy atom. The van der Waals surface area contributed by atoms with E-state index in [1.165, 1.54) is 12.8 Å². The smallest absolute Gasteiger partial charge is 0.289 e. The number of nitrogens with zero attached hydrogens (tertiary/aromatic N) is 1. The largest absolute Gasteiger partial charge is 0.459 e. The Kier molecular flexibility index (Phi) is 3.70. The lowest BCUT2D eigenvalue weighted by Gasteiger charge is -2.39. The molecule has 1 aliphatic carbocycles. The second-order valence-corrected chi connectivity index (χ2v) is 6.90. The summed E-state index contributed by atoms with van der Waals surface area (Å²) in [6.45, 7) is 2.96. The van der Waals surface area contributed by atoms with Crippen molar-refractivity contribution >= 4 is 5.91 Å². The Balaban J connectivity index is 1.37. The summed E-state index contributed by atoms with van der Waals surface area (Å²) in [5.74, 6) is 1.16. The van der Waals surface area contributed by atoms with E-state index in [4.69, 9.17) is 13.9 Å². The molecule has 5 nitrogen and oxygen atoms in total. The molecule has 4 rings (SSSR count). The SMILES string of the molecule is O=C(c1ccco1)N1CCC[C@@]2(C[C@H](OCC3CC3)CO2)C1. The van der Waals surface area contributed by atoms with Crippen LogP contribution in [-0.2, 0) is 9.47 Å². The lowest BCUT2D eigenvalue weighted by molar-refractivity contribution is -0.0470. The van der Waals surface area contributed by atoms with Crippen LogP contribution in [0.4, 0.5) is 0 Å². The summed E-state index contributed by atoms with van der Waals surface area (Å²) in [6, 6.07) is 3.47. The van der Waals surface area contributed by atoms with Crippen LogP contribution in [0.15, 0.2) is 22.8 Å². The Morgan fingerprint density at radius 3 is 3.14 bits per heavy atom. The zero-order valence-corrected chi connectivity index (χ0v) is 12.8. The summed E-state index contributed by atoms with van der Waals surface area (Å²) in [5.41, 5.74) is -0.214. The van der Waals surface area contributed by atoms with Gasteiger partial charge in [-0.1, -0.05) is 0 Å². The first-order valence-corrected chi connectivity index (χ1v) is 8.32. The molecule has 0 unspecified atom stereocenters. The number of hydrogen-bond acceptors (Lipinski definition) is 4. The number of likely N-dealkylation sites (tertiary alicyclic amines) is 1. The quantitative estimate of drug-likeness (QED) is 0.857. The lowest BCUT2D eigenvalue weighted by Crippen LogP contribution is -2.50. The van der Waals surface area contributed by atoms with Crippen molar-refractivity contribution in [3.05, 3.63) is 24.2 Å². The molecular formula is C17H23NO4. The fourth-order valence-electron chi connectivity index (χ4n) is 3.58. The minimum absolute atomic E-state index is 0.0324. The third kappa shape index (κ3) is 2.92. The fraction of sp³-hybridized carbons (Fsp3) is 0.706. The maximum Gasteiger partial charge on any atom is 0.289 e. The molecule has 2 saturated heterocycles. The molecule has 1 aromatic heterocycles. The van der Waals surface area contributed by atoms with Crippen molar-refractivity contribution in [2.75, 3.05) is 26.3 Å². The van der Waals surface area contributed by atoms with Gasteiger partial charge in [-0.15, -0.1) is 0 Å². The van der Waals surface area contributed by atoms with E-state index in [0.29, 0.717) is 18.9 Å². The predicted octanol–water partition coefficient (Wildman–Crippen LogP) is 2.47. The molecule has 2 aliphatic heterocycles. The standard InChI is InChI=1S/C17H23NO4/c19-16(15-3-1-8-20-15)18-7-2-6-17(12-18)9-14(11-22-17)21-10-13-4-5-13/h1,3,8,13-14H,2,4-7,9-12H2/t14-,17+/m0/s1. The zero-order chi connectivity index (χ0) is 15.0. The third-order valence-corrected chi connectivity index (χ3v) is 5.00. The number of furan rings is 1. The lowest BCUT2D eigenvalue weighted by atomic mass is 9.89. The molecule has 1 spiro atoms. The number of amides is 1. The van der Waals surface area contributed by atoms with Crippen LogP contribution in [0.25, 0.3) is 0 Å². The van der Waals surface area contributed by atoms with Gasteiger partial charge in [0.2, 0.25) is 0 Å². The molecule has 1 aromatic rings. The van der Waals surface area contributed by atoms with Crippen molar-refractivity contribution in [2.45, 2.75) is 43.8 Å². The van der Waals surface area contributed by atoms with E-state index in [-0.39, 0.29) is 17.6 Å². The van der Waals surface area contributed by atoms with Crippen LogP contribution in [0, 0.1) is 5.92 Å². The molecule has 0 bridgehead atoms. The van der Waals surface area contributed by atoms with Gasteiger partial charge < -0.3 is 18.8 Å². The maximum absolute atomic E-state index is 12.5. The summed E-state index contributed by atoms with van der Waals surface area (Å²) in [7, 11) is 0. The molecule has 3 aliphatic rings. The van der Waals surface area contributed by atoms with Gasteiger partial charge in [0.1, 0.15) is 0 Å². The van der Waals surface area contributed by atoms with E-state index in [9.17, 15) is 4.79 Å². The van der Waals surface area contributed by atoms with Crippen LogP contribution >= 0.6 is 0 Å². The molecule has 120 valence electrons. The molecule has 3 heterocycles. The Hall–Kier alpha value is -1.33. The van der Waals surface area contributed by atoms with E-state index >= 15 is 0 Å². The van der Waals surface area contributed by atoms with Gasteiger partial charge in [0.15, 0.2) is 5.76 Å². The number of piperidine rings is 1. The van der Waals surface area contributed by atoms with Crippen LogP contribution in [0.3, 0.4) is 0 Å². The van der Waals surface area contributed by atoms with Gasteiger partial charge in [-0.25, -0.2) is 0 Å². The average molecular weight is 305 g/mol. The van der Waals surface area contributed by atoms with Gasteiger partial charge in [0, 0.05) is 19.6 Å². The predicted molar refractivity (Wildman–Crippen MR) is 79.6 cm³/mol. The zero-order valence-electron chi connectivity index (χ0n) is 12.8. The molecule has 5 heteroatoms. The summed E-state index contributed by atoms with van der Waals surface area (Å²) < 4.78 is 17.3. The molecule has 0 radical (unpaired) electrons. The third-order valence-electron chi connectivity index (χ3n) is 5.00. The first-order chi connectivity index (χ1) is 10.7. The summed E-state index contributed by atoms with van der Waals surface area (Å²) >= 11 is 0. The number of carbonyl (C=O) groups is 1. The van der Waals surface area contributed by atoms with Gasteiger partial charge in [-0.2, -0.15) is 0 Å². The van der Waals surface area contributed by atoms with E-state index in [0.717, 1.165) is 38.3 Å². The van der Waals surface area contributed by atoms with Crippen LogP contribution in [0.1, 0.15) is 42.7 Å². The molecular weight excluding hydrogens is 282 g/mol. The fourth-order valence-corrected chi connectivity index (χ4v) is 3.58. The summed E-state index contributed by atoms with van der Waals surface area (Å²) in [6.07, 6.45) is 7.25. The van der Waals surface area contributed by atoms with Crippen molar-refractivity contribution < 1.29 is 18.7 Å². The van der Waals surface area contributed by atoms with Crippen molar-refractivity contribution in [2.24, 2.45) is 5.92 Å². The van der Waals surface area contributed by atoms with E-state index in [1.54, 1.807) is 18.4 Å². The van der Waals surface area contributed by atoms with Crippen molar-refractivity contribution in [1.82, 2.24) is 4.90 Å². The van der Waals surface area contributed by atoms with Crippen LogP contribution in [-0.4, -0.2) is 48.8 Å². The number of hydrogen-bond donors (Lipinski definition) is 0. The highest BCUT2D eigenvalue weighted by molar-refractivity contribution is 5.91. The molecule has 2 atom stereocenters. The molecule has 1 amide bonds. The highest BCUT2D eigenvalue weighted by Crippen LogP contribution is 2.37. The molecule has 0 N–H and O–H groups in total. The van der Waals surface area contributed by atoms with Crippen molar-refractivity contribution in [3.63, 3.8) is 0 Å². The maximum atomic E-state index is 12.5. The van der Waals surface area contributed by atoms with E-state index in [1.807, 2.05) is 4.90 Å². The minimum Gasteiger partial charge on any atom is -0.459 e. The second kappa shape index (κ2) is 5.70. The Labute approximate surface area is 130 Å². The highest BCUT2D eigenvalue weighted by Gasteiger charge is 2.45. The normalized spacial score (nSPS) is 31.8. The molecule has 22 heavy (non-hydrogen) atoms. The first-order valence-electron chi connectivity index (χ1n) is 8.32. The molecule has 0 aromatic carbocycles. The van der Waals surface area contributed by atoms with Gasteiger partial charge >= 0.3 is 0 Å². The highest BCUT2D eigenvalue weighted by atomic mass is 16.6. The van der Waals surface area contributed by atoms with Crippen LogP contribution in [0.2, 0.25) is 0 Å². The topological polar surface area (TPSA) is 51.9 Å². The molecule has 1 saturated carbocycles. The van der Waals surface area contributed by atoms with Gasteiger partial charge in [0.05, 0.1) is 31.1 Å². The van der Waals surface area contributed by atoms with Crippen molar-refractivity contribution in [3.8, 4) is 0 Å². The number of rotatable bonds is 4. The minimum atomic E-state index is -0.214. The number of ether oxygens (including phenoxy) is 2. The van der Waals surface area contributed by atoms with Crippen molar-refractivity contribution in [1.29, 1.82) is 0 Å². The monoisotopic (exact) mass is 305 g/mol. The second-order valence-electron chi connectivity index (χ2n) is 6.90. The van der Waals surface area contributed by atoms with E-state index in [2.05, 4.69) is 0 Å². The van der Waals surface area contributed by atoms with E-state index < -0.39 is 0 Å². The van der Waals surface area contributed by atoms with Gasteiger partial charge in [0.25, 0.3) is 5.91 Å². The van der Waals surface area contributed by atoms with Gasteiger partial charge in [-0.05, 0) is 43.7 Å². The number of carbonyl (C=O) groups excluding carboxylic acids is 1. The van der Waals surface area contributed by atoms with Gasteiger partial charge in [-0.3, -0.25) is 4.79 Å². The Bertz CT molecular complexity index is 525. The summed E-state index contributed by atoms with van der Waals surface area (Å²) in [4.78, 5) is 14.3. The van der Waals surface area contributed by atoms with Crippen LogP contribution in [0.5, 0.6) is 0 Å². The first kappa shape index (κ1) is 14.3.